The van der Waals surface area contributed by atoms with Gasteiger partial charge in [0.25, 0.3) is 0 Å². The summed E-state index contributed by atoms with van der Waals surface area (Å²) < 4.78 is 0. The summed E-state index contributed by atoms with van der Waals surface area (Å²) in [6, 6.07) is 10.3. The molecule has 0 aromatic heterocycles. The Morgan fingerprint density at radius 3 is 2.53 bits per heavy atom. The highest BCUT2D eigenvalue weighted by molar-refractivity contribution is 5.88. The lowest BCUT2D eigenvalue weighted by molar-refractivity contribution is -0.128. The van der Waals surface area contributed by atoms with Crippen molar-refractivity contribution in [2.24, 2.45) is 5.92 Å². The largest absolute Gasteiger partial charge is 0.335 e. The van der Waals surface area contributed by atoms with Gasteiger partial charge in [-0.1, -0.05) is 43.3 Å². The summed E-state index contributed by atoms with van der Waals surface area (Å²) in [5.41, 5.74) is 1.20. The fraction of sp³-hybridized carbons (Fsp3) is 0.308. The maximum Gasteiger partial charge on any atom is 0.246 e. The molecule has 1 aromatic rings. The second-order valence-corrected chi connectivity index (χ2v) is 4.02. The van der Waals surface area contributed by atoms with Crippen molar-refractivity contribution >= 4 is 5.91 Å². The van der Waals surface area contributed by atoms with E-state index in [0.29, 0.717) is 5.92 Å². The number of rotatable bonds is 1. The summed E-state index contributed by atoms with van der Waals surface area (Å²) in [5, 5.41) is 0. The Morgan fingerprint density at radius 2 is 1.87 bits per heavy atom. The van der Waals surface area contributed by atoms with Crippen LogP contribution in [-0.4, -0.2) is 17.9 Å². The van der Waals surface area contributed by atoms with E-state index in [1.165, 1.54) is 5.56 Å². The molecule has 1 amide bonds. The molecule has 1 heterocycles. The van der Waals surface area contributed by atoms with E-state index < -0.39 is 0 Å². The Balaban J connectivity index is 2.36. The monoisotopic (exact) mass is 201 g/mol. The SMILES string of the molecule is C[C@@H]1C=CC(=O)N(C)[C@@H]1c1ccccc1. The first-order valence-corrected chi connectivity index (χ1v) is 5.20. The van der Waals surface area contributed by atoms with Gasteiger partial charge in [0.05, 0.1) is 6.04 Å². The molecule has 0 saturated carbocycles. The Morgan fingerprint density at radius 1 is 1.20 bits per heavy atom. The molecule has 1 aliphatic rings. The lowest BCUT2D eigenvalue weighted by Gasteiger charge is -2.34. The molecule has 0 radical (unpaired) electrons. The zero-order chi connectivity index (χ0) is 10.8. The van der Waals surface area contributed by atoms with Gasteiger partial charge in [-0.2, -0.15) is 0 Å². The zero-order valence-corrected chi connectivity index (χ0v) is 9.05. The molecular formula is C13H15NO. The predicted molar refractivity (Wildman–Crippen MR) is 60.3 cm³/mol. The minimum Gasteiger partial charge on any atom is -0.335 e. The molecule has 2 nitrogen and oxygen atoms in total. The van der Waals surface area contributed by atoms with Gasteiger partial charge in [-0.05, 0) is 17.6 Å². The van der Waals surface area contributed by atoms with Crippen molar-refractivity contribution in [2.45, 2.75) is 13.0 Å². The van der Waals surface area contributed by atoms with Gasteiger partial charge in [0, 0.05) is 7.05 Å². The maximum absolute atomic E-state index is 11.6. The molecule has 0 saturated heterocycles. The quantitative estimate of drug-likeness (QED) is 0.683. The molecule has 15 heavy (non-hydrogen) atoms. The van der Waals surface area contributed by atoms with Crippen LogP contribution in [0.15, 0.2) is 42.5 Å². The van der Waals surface area contributed by atoms with Crippen molar-refractivity contribution in [2.75, 3.05) is 7.05 Å². The molecule has 0 bridgehead atoms. The van der Waals surface area contributed by atoms with Crippen molar-refractivity contribution in [3.63, 3.8) is 0 Å². The molecule has 0 N–H and O–H groups in total. The number of carbonyl (C=O) groups is 1. The Labute approximate surface area is 90.2 Å². The number of nitrogens with zero attached hydrogens (tertiary/aromatic N) is 1. The van der Waals surface area contributed by atoms with E-state index in [1.807, 2.05) is 31.3 Å². The number of amides is 1. The fourth-order valence-corrected chi connectivity index (χ4v) is 2.12. The minimum atomic E-state index is 0.0851. The summed E-state index contributed by atoms with van der Waals surface area (Å²) in [6.07, 6.45) is 3.64. The molecule has 2 rings (SSSR count). The van der Waals surface area contributed by atoms with Crippen molar-refractivity contribution < 1.29 is 4.79 Å². The molecule has 0 aliphatic carbocycles. The third-order valence-electron chi connectivity index (χ3n) is 2.95. The van der Waals surface area contributed by atoms with Crippen LogP contribution < -0.4 is 0 Å². The zero-order valence-electron chi connectivity index (χ0n) is 9.05. The summed E-state index contributed by atoms with van der Waals surface area (Å²) in [4.78, 5) is 13.4. The number of hydrogen-bond acceptors (Lipinski definition) is 1. The number of benzene rings is 1. The maximum atomic E-state index is 11.6. The van der Waals surface area contributed by atoms with Crippen LogP contribution in [0.25, 0.3) is 0 Å². The highest BCUT2D eigenvalue weighted by atomic mass is 16.2. The van der Waals surface area contributed by atoms with Crippen LogP contribution in [0.3, 0.4) is 0 Å². The van der Waals surface area contributed by atoms with Crippen molar-refractivity contribution in [3.8, 4) is 0 Å². The van der Waals surface area contributed by atoms with Gasteiger partial charge in [0.1, 0.15) is 0 Å². The molecule has 1 aromatic carbocycles. The summed E-state index contributed by atoms with van der Waals surface area (Å²) in [7, 11) is 1.86. The van der Waals surface area contributed by atoms with Gasteiger partial charge in [0.15, 0.2) is 0 Å². The van der Waals surface area contributed by atoms with E-state index in [2.05, 4.69) is 19.1 Å². The summed E-state index contributed by atoms with van der Waals surface area (Å²) in [5.74, 6) is 0.456. The van der Waals surface area contributed by atoms with Gasteiger partial charge in [0.2, 0.25) is 5.91 Å². The van der Waals surface area contributed by atoms with Crippen LogP contribution in [-0.2, 0) is 4.79 Å². The van der Waals surface area contributed by atoms with E-state index in [1.54, 1.807) is 11.0 Å². The first-order valence-electron chi connectivity index (χ1n) is 5.20. The Hall–Kier alpha value is -1.57. The van der Waals surface area contributed by atoms with Gasteiger partial charge in [-0.3, -0.25) is 4.79 Å². The van der Waals surface area contributed by atoms with Gasteiger partial charge < -0.3 is 4.90 Å². The third-order valence-corrected chi connectivity index (χ3v) is 2.95. The molecule has 0 fully saturated rings. The molecule has 2 heteroatoms. The number of hydrogen-bond donors (Lipinski definition) is 0. The summed E-state index contributed by atoms with van der Waals surface area (Å²) >= 11 is 0. The van der Waals surface area contributed by atoms with Crippen LogP contribution in [0.5, 0.6) is 0 Å². The second-order valence-electron chi connectivity index (χ2n) is 4.02. The molecule has 0 spiro atoms. The number of likely N-dealkylation sites (N-methyl/N-ethyl adjacent to an activating group) is 1. The molecule has 1 aliphatic heterocycles. The standard InChI is InChI=1S/C13H15NO/c1-10-8-9-12(15)14(2)13(10)11-6-4-3-5-7-11/h3-10,13H,1-2H3/t10-,13+/m1/s1. The predicted octanol–water partition coefficient (Wildman–Crippen LogP) is 2.39. The first-order chi connectivity index (χ1) is 7.20. The molecule has 78 valence electrons. The van der Waals surface area contributed by atoms with Crippen molar-refractivity contribution in [1.82, 2.24) is 4.90 Å². The van der Waals surface area contributed by atoms with Gasteiger partial charge >= 0.3 is 0 Å². The highest BCUT2D eigenvalue weighted by Gasteiger charge is 2.27. The van der Waals surface area contributed by atoms with Crippen molar-refractivity contribution in [1.29, 1.82) is 0 Å². The van der Waals surface area contributed by atoms with E-state index in [0.717, 1.165) is 0 Å². The van der Waals surface area contributed by atoms with Crippen molar-refractivity contribution in [3.05, 3.63) is 48.0 Å². The van der Waals surface area contributed by atoms with Gasteiger partial charge in [-0.25, -0.2) is 0 Å². The van der Waals surface area contributed by atoms with Crippen LogP contribution in [0.4, 0.5) is 0 Å². The van der Waals surface area contributed by atoms with E-state index in [4.69, 9.17) is 0 Å². The van der Waals surface area contributed by atoms with E-state index >= 15 is 0 Å². The summed E-state index contributed by atoms with van der Waals surface area (Å²) in [6.45, 7) is 2.14. The topological polar surface area (TPSA) is 20.3 Å². The first kappa shape index (κ1) is 9.97. The smallest absolute Gasteiger partial charge is 0.246 e. The minimum absolute atomic E-state index is 0.0851. The van der Waals surface area contributed by atoms with E-state index in [9.17, 15) is 4.79 Å². The van der Waals surface area contributed by atoms with Crippen LogP contribution in [0, 0.1) is 5.92 Å². The second kappa shape index (κ2) is 3.89. The average molecular weight is 201 g/mol. The van der Waals surface area contributed by atoms with Gasteiger partial charge in [-0.15, -0.1) is 0 Å². The molecule has 0 unspecified atom stereocenters. The van der Waals surface area contributed by atoms with Crippen LogP contribution in [0.2, 0.25) is 0 Å². The Kier molecular flexibility index (Phi) is 2.58. The molecule has 2 atom stereocenters. The lowest BCUT2D eigenvalue weighted by Crippen LogP contribution is -2.36. The van der Waals surface area contributed by atoms with Crippen LogP contribution in [0.1, 0.15) is 18.5 Å². The van der Waals surface area contributed by atoms with Crippen LogP contribution >= 0.6 is 0 Å². The fourth-order valence-electron chi connectivity index (χ4n) is 2.12. The normalized spacial score (nSPS) is 25.7. The average Bonchev–Trinajstić information content (AvgIpc) is 2.26. The lowest BCUT2D eigenvalue weighted by atomic mass is 9.90. The van der Waals surface area contributed by atoms with E-state index in [-0.39, 0.29) is 11.9 Å². The number of carbonyl (C=O) groups excluding carboxylic acids is 1. The Bertz CT molecular complexity index is 383. The molecular weight excluding hydrogens is 186 g/mol. The highest BCUT2D eigenvalue weighted by Crippen LogP contribution is 2.31. The third kappa shape index (κ3) is 1.80.